The fourth-order valence-electron chi connectivity index (χ4n) is 3.43. The summed E-state index contributed by atoms with van der Waals surface area (Å²) < 4.78 is 32.2. The quantitative estimate of drug-likeness (QED) is 0.0710. The van der Waals surface area contributed by atoms with Crippen LogP contribution in [-0.2, 0) is 28.4 Å². The van der Waals surface area contributed by atoms with Crippen LogP contribution in [0.3, 0.4) is 0 Å². The van der Waals surface area contributed by atoms with E-state index in [1.54, 1.807) is 0 Å². The van der Waals surface area contributed by atoms with Crippen LogP contribution in [0.15, 0.2) is 0 Å². The predicted molar refractivity (Wildman–Crippen MR) is 136 cm³/mol. The van der Waals surface area contributed by atoms with Crippen molar-refractivity contribution in [3.8, 4) is 0 Å². The summed E-state index contributed by atoms with van der Waals surface area (Å²) in [4.78, 5) is 11.6. The molecule has 0 aliphatic rings. The number of hydrogen-bond donors (Lipinski definition) is 0. The van der Waals surface area contributed by atoms with E-state index in [0.29, 0.717) is 13.2 Å². The molecule has 0 amide bonds. The van der Waals surface area contributed by atoms with Gasteiger partial charge < -0.3 is 28.4 Å². The third-order valence-corrected chi connectivity index (χ3v) is 5.51. The highest BCUT2D eigenvalue weighted by Crippen LogP contribution is 2.08. The molecule has 0 rings (SSSR count). The molecule has 2 atom stereocenters. The second kappa shape index (κ2) is 26.7. The van der Waals surface area contributed by atoms with Gasteiger partial charge in [-0.25, -0.2) is 4.79 Å². The van der Waals surface area contributed by atoms with Gasteiger partial charge in [0.2, 0.25) is 0 Å². The smallest absolute Gasteiger partial charge is 0.432 e. The molecule has 0 aromatic heterocycles. The van der Waals surface area contributed by atoms with Gasteiger partial charge in [0.25, 0.3) is 0 Å². The average molecular weight is 491 g/mol. The number of ether oxygens (including phenoxy) is 6. The first-order valence-electron chi connectivity index (χ1n) is 13.9. The number of rotatable bonds is 26. The third-order valence-electron chi connectivity index (χ3n) is 5.51. The molecule has 0 spiro atoms. The summed E-state index contributed by atoms with van der Waals surface area (Å²) in [6.45, 7) is 10.4. The third kappa shape index (κ3) is 25.7. The van der Waals surface area contributed by atoms with E-state index in [1.165, 1.54) is 77.0 Å². The van der Waals surface area contributed by atoms with E-state index in [1.807, 2.05) is 13.8 Å². The lowest BCUT2D eigenvalue weighted by Crippen LogP contribution is -2.20. The number of carbonyl (C=O) groups excluding carboxylic acids is 1. The van der Waals surface area contributed by atoms with Gasteiger partial charge >= 0.3 is 6.16 Å². The number of unbranched alkanes of at least 4 members (excludes halogenated alkanes) is 12. The van der Waals surface area contributed by atoms with E-state index in [9.17, 15) is 4.79 Å². The van der Waals surface area contributed by atoms with E-state index in [0.717, 1.165) is 12.8 Å². The van der Waals surface area contributed by atoms with Crippen LogP contribution in [0.5, 0.6) is 0 Å². The van der Waals surface area contributed by atoms with Gasteiger partial charge in [0, 0.05) is 13.2 Å². The first kappa shape index (κ1) is 33.1. The van der Waals surface area contributed by atoms with Gasteiger partial charge in [-0.15, -0.1) is 0 Å². The summed E-state index contributed by atoms with van der Waals surface area (Å²) >= 11 is 0. The minimum Gasteiger partial charge on any atom is -0.432 e. The van der Waals surface area contributed by atoms with Crippen LogP contribution in [0.4, 0.5) is 4.79 Å². The van der Waals surface area contributed by atoms with E-state index in [-0.39, 0.29) is 39.0 Å². The van der Waals surface area contributed by atoms with Crippen LogP contribution in [0.2, 0.25) is 0 Å². The lowest BCUT2D eigenvalue weighted by atomic mass is 10.1. The Morgan fingerprint density at radius 1 is 0.471 bits per heavy atom. The van der Waals surface area contributed by atoms with Gasteiger partial charge in [0.1, 0.15) is 13.2 Å². The topological polar surface area (TPSA) is 72.5 Å². The van der Waals surface area contributed by atoms with Gasteiger partial charge in [-0.05, 0) is 26.7 Å². The van der Waals surface area contributed by atoms with Crippen molar-refractivity contribution < 1.29 is 33.2 Å². The van der Waals surface area contributed by atoms with Crippen molar-refractivity contribution in [2.45, 2.75) is 130 Å². The first-order valence-corrected chi connectivity index (χ1v) is 13.9. The molecule has 7 nitrogen and oxygen atoms in total. The van der Waals surface area contributed by atoms with Crippen LogP contribution in [-0.4, -0.2) is 58.4 Å². The Labute approximate surface area is 209 Å². The molecule has 0 radical (unpaired) electrons. The maximum atomic E-state index is 11.6. The summed E-state index contributed by atoms with van der Waals surface area (Å²) in [5.41, 5.74) is 0. The minimum absolute atomic E-state index is 0.128. The molecule has 0 heterocycles. The molecule has 0 N–H and O–H groups in total. The van der Waals surface area contributed by atoms with Crippen LogP contribution in [0.25, 0.3) is 0 Å². The molecule has 0 bridgehead atoms. The van der Waals surface area contributed by atoms with Gasteiger partial charge in [-0.1, -0.05) is 90.9 Å². The normalized spacial score (nSPS) is 13.1. The van der Waals surface area contributed by atoms with Crippen molar-refractivity contribution in [3.05, 3.63) is 0 Å². The van der Waals surface area contributed by atoms with E-state index in [2.05, 4.69) is 13.8 Å². The standard InChI is InChI=1S/C27H54O7/c1-5-7-9-11-13-15-17-19-29-25(3)31-21-23-33-27(28)34-24-22-32-26(4)30-20-18-16-14-12-10-8-6-2/h25-26H,5-24H2,1-4H3. The number of hydrogen-bond acceptors (Lipinski definition) is 7. The summed E-state index contributed by atoms with van der Waals surface area (Å²) in [6.07, 6.45) is 16.2. The Morgan fingerprint density at radius 2 is 0.794 bits per heavy atom. The van der Waals surface area contributed by atoms with E-state index < -0.39 is 6.16 Å². The zero-order valence-electron chi connectivity index (χ0n) is 22.7. The Bertz CT molecular complexity index is 384. The summed E-state index contributed by atoms with van der Waals surface area (Å²) in [7, 11) is 0. The fraction of sp³-hybridized carbons (Fsp3) is 0.963. The second-order valence-electron chi connectivity index (χ2n) is 8.81. The maximum absolute atomic E-state index is 11.6. The van der Waals surface area contributed by atoms with Crippen LogP contribution < -0.4 is 0 Å². The first-order chi connectivity index (χ1) is 16.6. The van der Waals surface area contributed by atoms with Crippen LogP contribution >= 0.6 is 0 Å². The fourth-order valence-corrected chi connectivity index (χ4v) is 3.43. The second-order valence-corrected chi connectivity index (χ2v) is 8.81. The van der Waals surface area contributed by atoms with Gasteiger partial charge in [0.05, 0.1) is 13.2 Å². The van der Waals surface area contributed by atoms with Crippen molar-refractivity contribution >= 4 is 6.16 Å². The van der Waals surface area contributed by atoms with Crippen molar-refractivity contribution in [2.24, 2.45) is 0 Å². The minimum atomic E-state index is -0.722. The lowest BCUT2D eigenvalue weighted by Gasteiger charge is -2.15. The van der Waals surface area contributed by atoms with E-state index in [4.69, 9.17) is 28.4 Å². The molecule has 204 valence electrons. The Morgan fingerprint density at radius 3 is 1.18 bits per heavy atom. The highest BCUT2D eigenvalue weighted by molar-refractivity contribution is 5.59. The van der Waals surface area contributed by atoms with Gasteiger partial charge in [-0.3, -0.25) is 0 Å². The van der Waals surface area contributed by atoms with Crippen molar-refractivity contribution in [1.29, 1.82) is 0 Å². The summed E-state index contributed by atoms with van der Waals surface area (Å²) in [6, 6.07) is 0. The highest BCUT2D eigenvalue weighted by atomic mass is 16.7. The Hall–Kier alpha value is -0.890. The molecule has 0 aliphatic carbocycles. The summed E-state index contributed by atoms with van der Waals surface area (Å²) in [5, 5.41) is 0. The molecule has 0 saturated carbocycles. The molecule has 0 aromatic carbocycles. The zero-order valence-corrected chi connectivity index (χ0v) is 22.7. The lowest BCUT2D eigenvalue weighted by molar-refractivity contribution is -0.142. The molecule has 0 aromatic rings. The number of carbonyl (C=O) groups is 1. The zero-order chi connectivity index (χ0) is 25.1. The summed E-state index contributed by atoms with van der Waals surface area (Å²) in [5.74, 6) is 0. The molecule has 0 fully saturated rings. The molecular formula is C27H54O7. The molecule has 34 heavy (non-hydrogen) atoms. The molecule has 2 unspecified atom stereocenters. The highest BCUT2D eigenvalue weighted by Gasteiger charge is 2.07. The largest absolute Gasteiger partial charge is 0.508 e. The molecular weight excluding hydrogens is 436 g/mol. The SMILES string of the molecule is CCCCCCCCCOC(C)OCCOC(=O)OCCOC(C)OCCCCCCCCC. The van der Waals surface area contributed by atoms with Gasteiger partial charge in [0.15, 0.2) is 12.6 Å². The van der Waals surface area contributed by atoms with E-state index >= 15 is 0 Å². The van der Waals surface area contributed by atoms with Crippen molar-refractivity contribution in [1.82, 2.24) is 0 Å². The monoisotopic (exact) mass is 490 g/mol. The molecule has 0 saturated heterocycles. The van der Waals surface area contributed by atoms with Crippen molar-refractivity contribution in [3.63, 3.8) is 0 Å². The average Bonchev–Trinajstić information content (AvgIpc) is 2.83. The van der Waals surface area contributed by atoms with Gasteiger partial charge in [-0.2, -0.15) is 0 Å². The van der Waals surface area contributed by atoms with Crippen molar-refractivity contribution in [2.75, 3.05) is 39.6 Å². The Kier molecular flexibility index (Phi) is 26.0. The predicted octanol–water partition coefficient (Wildman–Crippen LogP) is 7.40. The molecule has 0 aliphatic heterocycles. The van der Waals surface area contributed by atoms with Crippen LogP contribution in [0, 0.1) is 0 Å². The Balaban J connectivity index is 3.39. The molecule has 7 heteroatoms. The van der Waals surface area contributed by atoms with Crippen LogP contribution in [0.1, 0.15) is 118 Å². The maximum Gasteiger partial charge on any atom is 0.508 e.